The number of anilines is 2. The van der Waals surface area contributed by atoms with Gasteiger partial charge in [0.2, 0.25) is 5.95 Å². The molecule has 10 heteroatoms. The van der Waals surface area contributed by atoms with Crippen LogP contribution in [0.1, 0.15) is 24.1 Å². The van der Waals surface area contributed by atoms with E-state index < -0.39 is 6.04 Å². The summed E-state index contributed by atoms with van der Waals surface area (Å²) < 4.78 is 31.7. The van der Waals surface area contributed by atoms with Gasteiger partial charge in [-0.3, -0.25) is 4.79 Å². The van der Waals surface area contributed by atoms with Crippen LogP contribution >= 0.6 is 0 Å². The zero-order valence-corrected chi connectivity index (χ0v) is 18.9. The normalized spacial score (nSPS) is 14.9. The molecule has 172 valence electrons. The number of ether oxygens (including phenoxy) is 3. The smallest absolute Gasteiger partial charge is 0.255 e. The first-order valence-corrected chi connectivity index (χ1v) is 10.1. The van der Waals surface area contributed by atoms with Gasteiger partial charge < -0.3 is 24.8 Å². The zero-order chi connectivity index (χ0) is 23.7. The Morgan fingerprint density at radius 3 is 2.42 bits per heavy atom. The highest BCUT2D eigenvalue weighted by Crippen LogP contribution is 2.43. The Morgan fingerprint density at radius 1 is 1.06 bits per heavy atom. The van der Waals surface area contributed by atoms with Crippen molar-refractivity contribution in [2.24, 2.45) is 0 Å². The summed E-state index contributed by atoms with van der Waals surface area (Å²) in [7, 11) is 4.60. The molecule has 0 saturated heterocycles. The first kappa shape index (κ1) is 22.1. The third-order valence-corrected chi connectivity index (χ3v) is 5.51. The molecule has 4 rings (SSSR count). The van der Waals surface area contributed by atoms with Gasteiger partial charge >= 0.3 is 0 Å². The van der Waals surface area contributed by atoms with Crippen LogP contribution in [0.2, 0.25) is 0 Å². The summed E-state index contributed by atoms with van der Waals surface area (Å²) in [4.78, 5) is 17.8. The molecule has 0 bridgehead atoms. The maximum absolute atomic E-state index is 13.5. The Kier molecular flexibility index (Phi) is 5.91. The molecule has 1 amide bonds. The molecule has 0 radical (unpaired) electrons. The minimum atomic E-state index is -0.681. The average molecular weight is 453 g/mol. The quantitative estimate of drug-likeness (QED) is 0.587. The molecule has 2 N–H and O–H groups in total. The molecule has 0 spiro atoms. The third-order valence-electron chi connectivity index (χ3n) is 5.51. The minimum Gasteiger partial charge on any atom is -0.496 e. The van der Waals surface area contributed by atoms with Crippen molar-refractivity contribution in [3.8, 4) is 17.2 Å². The lowest BCUT2D eigenvalue weighted by atomic mass is 9.93. The van der Waals surface area contributed by atoms with Gasteiger partial charge in [0.15, 0.2) is 11.5 Å². The molecule has 1 unspecified atom stereocenters. The van der Waals surface area contributed by atoms with Crippen molar-refractivity contribution in [1.82, 2.24) is 14.8 Å². The summed E-state index contributed by atoms with van der Waals surface area (Å²) >= 11 is 0. The van der Waals surface area contributed by atoms with E-state index in [1.165, 1.54) is 45.9 Å². The van der Waals surface area contributed by atoms with Crippen LogP contribution in [0, 0.1) is 12.7 Å². The van der Waals surface area contributed by atoms with E-state index in [9.17, 15) is 9.18 Å². The molecule has 0 saturated carbocycles. The molecule has 1 aromatic heterocycles. The molecule has 9 nitrogen and oxygen atoms in total. The van der Waals surface area contributed by atoms with Crippen molar-refractivity contribution >= 4 is 17.5 Å². The Hall–Kier alpha value is -4.08. The highest BCUT2D eigenvalue weighted by Gasteiger charge is 2.36. The van der Waals surface area contributed by atoms with Gasteiger partial charge in [-0.15, -0.1) is 0 Å². The van der Waals surface area contributed by atoms with Crippen LogP contribution < -0.4 is 24.8 Å². The number of halogens is 1. The molecule has 1 aliphatic heterocycles. The second-order valence-electron chi connectivity index (χ2n) is 7.46. The van der Waals surface area contributed by atoms with Crippen molar-refractivity contribution in [1.29, 1.82) is 0 Å². The Bertz CT molecular complexity index is 1250. The Labute approximate surface area is 190 Å². The van der Waals surface area contributed by atoms with Gasteiger partial charge in [-0.25, -0.2) is 9.07 Å². The first-order valence-electron chi connectivity index (χ1n) is 10.1. The maximum Gasteiger partial charge on any atom is 0.255 e. The lowest BCUT2D eigenvalue weighted by molar-refractivity contribution is -0.113. The fourth-order valence-corrected chi connectivity index (χ4v) is 3.90. The van der Waals surface area contributed by atoms with Crippen LogP contribution in [0.25, 0.3) is 0 Å². The van der Waals surface area contributed by atoms with Crippen LogP contribution in [0.5, 0.6) is 17.2 Å². The number of aryl methyl sites for hydroxylation is 1. The van der Waals surface area contributed by atoms with E-state index in [1.54, 1.807) is 30.7 Å². The number of aromatic nitrogens is 3. The molecule has 3 aromatic rings. The SMILES string of the molecule is COc1cc(OC)c(C2C(C(=O)Nc3ccc(F)cc3C)=C(C)Nc3ncnn32)cc1OC. The number of carbonyl (C=O) groups excluding carboxylic acids is 1. The topological polar surface area (TPSA) is 99.5 Å². The summed E-state index contributed by atoms with van der Waals surface area (Å²) in [5.41, 5.74) is 2.72. The molecule has 1 atom stereocenters. The Balaban J connectivity index is 1.85. The number of nitrogens with one attached hydrogen (secondary N) is 2. The number of carbonyl (C=O) groups is 1. The molecular formula is C23H24FN5O4. The van der Waals surface area contributed by atoms with Gasteiger partial charge in [-0.05, 0) is 43.7 Å². The Morgan fingerprint density at radius 2 is 1.76 bits per heavy atom. The fraction of sp³-hybridized carbons (Fsp3) is 0.261. The predicted octanol–water partition coefficient (Wildman–Crippen LogP) is 3.68. The third kappa shape index (κ3) is 3.95. The second kappa shape index (κ2) is 8.81. The molecule has 2 heterocycles. The van der Waals surface area contributed by atoms with E-state index in [4.69, 9.17) is 14.2 Å². The number of amides is 1. The molecule has 0 aliphatic carbocycles. The van der Waals surface area contributed by atoms with Gasteiger partial charge in [-0.2, -0.15) is 10.1 Å². The monoisotopic (exact) mass is 453 g/mol. The van der Waals surface area contributed by atoms with Gasteiger partial charge in [0.1, 0.15) is 23.9 Å². The van der Waals surface area contributed by atoms with E-state index in [-0.39, 0.29) is 11.7 Å². The van der Waals surface area contributed by atoms with Gasteiger partial charge in [0.05, 0.1) is 26.9 Å². The highest BCUT2D eigenvalue weighted by atomic mass is 19.1. The zero-order valence-electron chi connectivity index (χ0n) is 18.9. The number of rotatable bonds is 6. The van der Waals surface area contributed by atoms with E-state index >= 15 is 0 Å². The molecule has 1 aliphatic rings. The number of allylic oxidation sites excluding steroid dienone is 1. The van der Waals surface area contributed by atoms with Crippen molar-refractivity contribution in [2.45, 2.75) is 19.9 Å². The van der Waals surface area contributed by atoms with E-state index in [1.807, 2.05) is 0 Å². The van der Waals surface area contributed by atoms with Crippen molar-refractivity contribution in [3.63, 3.8) is 0 Å². The molecule has 33 heavy (non-hydrogen) atoms. The molecule has 0 fully saturated rings. The van der Waals surface area contributed by atoms with Gasteiger partial charge in [0.25, 0.3) is 5.91 Å². The van der Waals surface area contributed by atoms with Crippen LogP contribution in [0.4, 0.5) is 16.0 Å². The van der Waals surface area contributed by atoms with E-state index in [0.717, 1.165) is 0 Å². The molecule has 2 aromatic carbocycles. The first-order chi connectivity index (χ1) is 15.9. The number of hydrogen-bond donors (Lipinski definition) is 2. The van der Waals surface area contributed by atoms with Crippen LogP contribution in [-0.4, -0.2) is 42.0 Å². The van der Waals surface area contributed by atoms with Crippen LogP contribution in [0.15, 0.2) is 47.9 Å². The van der Waals surface area contributed by atoms with E-state index in [0.29, 0.717) is 51.3 Å². The number of hydrogen-bond acceptors (Lipinski definition) is 7. The van der Waals surface area contributed by atoms with Gasteiger partial charge in [0, 0.05) is 23.0 Å². The van der Waals surface area contributed by atoms with Crippen molar-refractivity contribution in [2.75, 3.05) is 32.0 Å². The van der Waals surface area contributed by atoms with E-state index in [2.05, 4.69) is 20.7 Å². The van der Waals surface area contributed by atoms with Crippen LogP contribution in [0.3, 0.4) is 0 Å². The lowest BCUT2D eigenvalue weighted by Gasteiger charge is -2.30. The number of methoxy groups -OCH3 is 3. The maximum atomic E-state index is 13.5. The largest absolute Gasteiger partial charge is 0.496 e. The number of nitrogens with zero attached hydrogens (tertiary/aromatic N) is 3. The summed E-state index contributed by atoms with van der Waals surface area (Å²) in [6.07, 6.45) is 1.40. The van der Waals surface area contributed by atoms with Crippen molar-refractivity contribution < 1.29 is 23.4 Å². The molecular weight excluding hydrogens is 429 g/mol. The summed E-state index contributed by atoms with van der Waals surface area (Å²) in [5.74, 6) is 1.17. The minimum absolute atomic E-state index is 0.375. The number of fused-ring (bicyclic) bond motifs is 1. The predicted molar refractivity (Wildman–Crippen MR) is 120 cm³/mol. The van der Waals surface area contributed by atoms with Crippen LogP contribution in [-0.2, 0) is 4.79 Å². The van der Waals surface area contributed by atoms with Crippen molar-refractivity contribution in [3.05, 3.63) is 64.9 Å². The summed E-state index contributed by atoms with van der Waals surface area (Å²) in [5, 5.41) is 10.4. The van der Waals surface area contributed by atoms with Gasteiger partial charge in [-0.1, -0.05) is 0 Å². The lowest BCUT2D eigenvalue weighted by Crippen LogP contribution is -2.32. The standard InChI is InChI=1S/C23H24FN5O4/c1-12-8-14(24)6-7-16(12)28-22(30)20-13(2)27-23-25-11-26-29(23)21(20)15-9-18(32-4)19(33-5)10-17(15)31-3/h6-11,21H,1-5H3,(H,28,30)(H,25,26,27). The average Bonchev–Trinajstić information content (AvgIpc) is 3.27. The fourth-order valence-electron chi connectivity index (χ4n) is 3.90. The number of benzene rings is 2. The summed E-state index contributed by atoms with van der Waals surface area (Å²) in [6.45, 7) is 3.51. The second-order valence-corrected chi connectivity index (χ2v) is 7.46. The summed E-state index contributed by atoms with van der Waals surface area (Å²) in [6, 6.07) is 6.96. The highest BCUT2D eigenvalue weighted by molar-refractivity contribution is 6.06.